The zero-order valence-corrected chi connectivity index (χ0v) is 8.64. The molecule has 1 aromatic heterocycles. The lowest BCUT2D eigenvalue weighted by Gasteiger charge is -2.06. The second-order valence-electron chi connectivity index (χ2n) is 3.09. The summed E-state index contributed by atoms with van der Waals surface area (Å²) in [6, 6.07) is 0. The summed E-state index contributed by atoms with van der Waals surface area (Å²) in [5.41, 5.74) is 0.299. The number of carbonyl (C=O) groups excluding carboxylic acids is 1. The molecule has 1 aliphatic rings. The van der Waals surface area contributed by atoms with Crippen LogP contribution < -0.4 is 5.32 Å². The van der Waals surface area contributed by atoms with E-state index in [-0.39, 0.29) is 22.1 Å². The number of carbonyl (C=O) groups is 1. The lowest BCUT2D eigenvalue weighted by atomic mass is 10.4. The maximum Gasteiger partial charge on any atom is 0.227 e. The molecule has 0 aliphatic heterocycles. The molecule has 0 aromatic carbocycles. The minimum Gasteiger partial charge on any atom is -0.321 e. The van der Waals surface area contributed by atoms with E-state index < -0.39 is 0 Å². The van der Waals surface area contributed by atoms with Crippen LogP contribution in [0.3, 0.4) is 0 Å². The van der Waals surface area contributed by atoms with E-state index in [1.165, 1.54) is 6.33 Å². The number of aromatic nitrogens is 2. The zero-order valence-electron chi connectivity index (χ0n) is 7.13. The molecule has 0 unspecified atom stereocenters. The Morgan fingerprint density at radius 2 is 1.93 bits per heavy atom. The van der Waals surface area contributed by atoms with Gasteiger partial charge in [-0.1, -0.05) is 23.2 Å². The molecule has 14 heavy (non-hydrogen) atoms. The Hall–Kier alpha value is -0.870. The number of hydrogen-bond acceptors (Lipinski definition) is 3. The van der Waals surface area contributed by atoms with Crippen molar-refractivity contribution < 1.29 is 4.79 Å². The van der Waals surface area contributed by atoms with Crippen molar-refractivity contribution in [2.24, 2.45) is 5.92 Å². The van der Waals surface area contributed by atoms with E-state index in [4.69, 9.17) is 23.2 Å². The SMILES string of the molecule is O=C(Nc1c(Cl)ncnc1Cl)C1CC1. The molecular formula is C8H7Cl2N3O. The van der Waals surface area contributed by atoms with Crippen LogP contribution in [0.4, 0.5) is 5.69 Å². The van der Waals surface area contributed by atoms with Crippen LogP contribution in [0.2, 0.25) is 10.3 Å². The number of nitrogens with zero attached hydrogens (tertiary/aromatic N) is 2. The first-order valence-electron chi connectivity index (χ1n) is 4.15. The Morgan fingerprint density at radius 1 is 1.36 bits per heavy atom. The molecule has 1 N–H and O–H groups in total. The summed E-state index contributed by atoms with van der Waals surface area (Å²) in [7, 11) is 0. The molecule has 1 aromatic rings. The molecule has 1 heterocycles. The molecule has 2 rings (SSSR count). The van der Waals surface area contributed by atoms with Gasteiger partial charge in [-0.2, -0.15) is 0 Å². The molecule has 0 spiro atoms. The van der Waals surface area contributed by atoms with Gasteiger partial charge >= 0.3 is 0 Å². The Bertz CT molecular complexity index is 359. The van der Waals surface area contributed by atoms with Crippen LogP contribution in [0.25, 0.3) is 0 Å². The van der Waals surface area contributed by atoms with E-state index in [0.717, 1.165) is 12.8 Å². The van der Waals surface area contributed by atoms with Crippen LogP contribution in [0.5, 0.6) is 0 Å². The summed E-state index contributed by atoms with van der Waals surface area (Å²) in [5.74, 6) is 0.0333. The molecule has 4 nitrogen and oxygen atoms in total. The van der Waals surface area contributed by atoms with Crippen molar-refractivity contribution in [3.8, 4) is 0 Å². The Balaban J connectivity index is 2.18. The lowest BCUT2D eigenvalue weighted by Crippen LogP contribution is -2.14. The summed E-state index contributed by atoms with van der Waals surface area (Å²) in [6.07, 6.45) is 3.10. The van der Waals surface area contributed by atoms with Crippen molar-refractivity contribution >= 4 is 34.8 Å². The third kappa shape index (κ3) is 1.96. The van der Waals surface area contributed by atoms with Crippen LogP contribution in [0.1, 0.15) is 12.8 Å². The van der Waals surface area contributed by atoms with E-state index in [1.54, 1.807) is 0 Å². The van der Waals surface area contributed by atoms with Crippen molar-refractivity contribution in [3.05, 3.63) is 16.6 Å². The fraction of sp³-hybridized carbons (Fsp3) is 0.375. The molecule has 1 aliphatic carbocycles. The van der Waals surface area contributed by atoms with Crippen LogP contribution in [-0.2, 0) is 4.79 Å². The van der Waals surface area contributed by atoms with E-state index in [0.29, 0.717) is 5.69 Å². The summed E-state index contributed by atoms with van der Waals surface area (Å²) >= 11 is 11.5. The third-order valence-corrected chi connectivity index (χ3v) is 2.52. The smallest absolute Gasteiger partial charge is 0.227 e. The maximum absolute atomic E-state index is 11.4. The van der Waals surface area contributed by atoms with E-state index in [2.05, 4.69) is 15.3 Å². The van der Waals surface area contributed by atoms with Crippen LogP contribution in [0.15, 0.2) is 6.33 Å². The van der Waals surface area contributed by atoms with E-state index >= 15 is 0 Å². The van der Waals surface area contributed by atoms with Gasteiger partial charge in [-0.05, 0) is 12.8 Å². The lowest BCUT2D eigenvalue weighted by molar-refractivity contribution is -0.117. The molecule has 0 radical (unpaired) electrons. The van der Waals surface area contributed by atoms with Gasteiger partial charge in [0, 0.05) is 5.92 Å². The summed E-state index contributed by atoms with van der Waals surface area (Å²) < 4.78 is 0. The monoisotopic (exact) mass is 231 g/mol. The Morgan fingerprint density at radius 3 is 2.43 bits per heavy atom. The summed E-state index contributed by atoms with van der Waals surface area (Å²) in [5, 5.41) is 2.94. The standard InChI is InChI=1S/C8H7Cl2N3O/c9-6-5(7(10)12-3-11-6)13-8(14)4-1-2-4/h3-4H,1-2H2,(H,13,14). The number of halogens is 2. The van der Waals surface area contributed by atoms with Gasteiger partial charge in [-0.15, -0.1) is 0 Å². The topological polar surface area (TPSA) is 54.9 Å². The first-order chi connectivity index (χ1) is 6.68. The largest absolute Gasteiger partial charge is 0.321 e. The molecule has 0 saturated heterocycles. The molecule has 0 bridgehead atoms. The molecule has 1 fully saturated rings. The van der Waals surface area contributed by atoms with E-state index in [9.17, 15) is 4.79 Å². The summed E-state index contributed by atoms with van der Waals surface area (Å²) in [4.78, 5) is 18.9. The molecular weight excluding hydrogens is 225 g/mol. The van der Waals surface area contributed by atoms with E-state index in [1.807, 2.05) is 0 Å². The first kappa shape index (κ1) is 9.68. The van der Waals surface area contributed by atoms with Gasteiger partial charge < -0.3 is 5.32 Å². The Labute approximate surface area is 90.6 Å². The molecule has 74 valence electrons. The van der Waals surface area contributed by atoms with Crippen LogP contribution in [0, 0.1) is 5.92 Å². The molecule has 0 atom stereocenters. The number of amides is 1. The van der Waals surface area contributed by atoms with Crippen molar-refractivity contribution in [1.29, 1.82) is 0 Å². The average Bonchev–Trinajstić information content (AvgIpc) is 2.94. The fourth-order valence-corrected chi connectivity index (χ4v) is 1.43. The zero-order chi connectivity index (χ0) is 10.1. The summed E-state index contributed by atoms with van der Waals surface area (Å²) in [6.45, 7) is 0. The predicted octanol–water partition coefficient (Wildman–Crippen LogP) is 2.13. The second-order valence-corrected chi connectivity index (χ2v) is 3.81. The highest BCUT2D eigenvalue weighted by Crippen LogP contribution is 2.32. The van der Waals surface area contributed by atoms with Gasteiger partial charge in [0.2, 0.25) is 5.91 Å². The van der Waals surface area contributed by atoms with Crippen molar-refractivity contribution in [2.45, 2.75) is 12.8 Å². The highest BCUT2D eigenvalue weighted by atomic mass is 35.5. The highest BCUT2D eigenvalue weighted by Gasteiger charge is 2.30. The molecule has 1 amide bonds. The minimum absolute atomic E-state index is 0.0661. The third-order valence-electron chi connectivity index (χ3n) is 1.95. The van der Waals surface area contributed by atoms with Crippen LogP contribution in [-0.4, -0.2) is 15.9 Å². The average molecular weight is 232 g/mol. The number of hydrogen-bond donors (Lipinski definition) is 1. The predicted molar refractivity (Wildman–Crippen MR) is 53.4 cm³/mol. The van der Waals surface area contributed by atoms with Gasteiger partial charge in [0.05, 0.1) is 0 Å². The van der Waals surface area contributed by atoms with Crippen molar-refractivity contribution in [1.82, 2.24) is 9.97 Å². The van der Waals surface area contributed by atoms with Gasteiger partial charge in [-0.3, -0.25) is 4.79 Å². The highest BCUT2D eigenvalue weighted by molar-refractivity contribution is 6.38. The van der Waals surface area contributed by atoms with Gasteiger partial charge in [-0.25, -0.2) is 9.97 Å². The van der Waals surface area contributed by atoms with Crippen molar-refractivity contribution in [2.75, 3.05) is 5.32 Å². The van der Waals surface area contributed by atoms with Gasteiger partial charge in [0.25, 0.3) is 0 Å². The number of anilines is 1. The van der Waals surface area contributed by atoms with Crippen LogP contribution >= 0.6 is 23.2 Å². The fourth-order valence-electron chi connectivity index (χ4n) is 1.02. The van der Waals surface area contributed by atoms with Gasteiger partial charge in [0.1, 0.15) is 12.0 Å². The van der Waals surface area contributed by atoms with Gasteiger partial charge in [0.15, 0.2) is 10.3 Å². The normalized spacial score (nSPS) is 15.3. The maximum atomic E-state index is 11.4. The first-order valence-corrected chi connectivity index (χ1v) is 4.91. The van der Waals surface area contributed by atoms with Crippen molar-refractivity contribution in [3.63, 3.8) is 0 Å². The number of rotatable bonds is 2. The molecule has 1 saturated carbocycles. The quantitative estimate of drug-likeness (QED) is 0.794. The molecule has 6 heteroatoms. The number of nitrogens with one attached hydrogen (secondary N) is 1. The second kappa shape index (κ2) is 3.71. The Kier molecular flexibility index (Phi) is 2.56. The minimum atomic E-state index is -0.0661.